The molecule has 2 aromatic carbocycles. The highest BCUT2D eigenvalue weighted by molar-refractivity contribution is 5.92. The van der Waals surface area contributed by atoms with Gasteiger partial charge in [0.2, 0.25) is 11.8 Å². The summed E-state index contributed by atoms with van der Waals surface area (Å²) in [6.45, 7) is 5.29. The van der Waals surface area contributed by atoms with Crippen LogP contribution in [0.2, 0.25) is 0 Å². The van der Waals surface area contributed by atoms with Crippen LogP contribution in [-0.4, -0.2) is 51.1 Å². The monoisotopic (exact) mass is 425 g/mol. The van der Waals surface area contributed by atoms with Crippen molar-refractivity contribution >= 4 is 23.2 Å². The fraction of sp³-hybridized carbons (Fsp3) is 0.440. The zero-order chi connectivity index (χ0) is 22.8. The van der Waals surface area contributed by atoms with Crippen LogP contribution in [0.1, 0.15) is 43.7 Å². The SMILES string of the molecule is CCCN(Cc1cc(NC(=O)COC)ccc1N(C)C)C(=O)[C@H](CC)c1ccccc1. The van der Waals surface area contributed by atoms with Crippen LogP contribution >= 0.6 is 0 Å². The molecule has 0 fully saturated rings. The molecule has 0 spiro atoms. The first kappa shape index (κ1) is 24.4. The number of hydrogen-bond donors (Lipinski definition) is 1. The van der Waals surface area contributed by atoms with Gasteiger partial charge in [-0.25, -0.2) is 0 Å². The van der Waals surface area contributed by atoms with Crippen molar-refractivity contribution in [2.45, 2.75) is 39.2 Å². The summed E-state index contributed by atoms with van der Waals surface area (Å²) < 4.78 is 4.90. The van der Waals surface area contributed by atoms with Crippen molar-refractivity contribution in [1.82, 2.24) is 4.90 Å². The van der Waals surface area contributed by atoms with E-state index in [1.165, 1.54) is 7.11 Å². The summed E-state index contributed by atoms with van der Waals surface area (Å²) in [5.74, 6) is -0.239. The average Bonchev–Trinajstić information content (AvgIpc) is 2.74. The van der Waals surface area contributed by atoms with Crippen LogP contribution in [0, 0.1) is 0 Å². The van der Waals surface area contributed by atoms with E-state index in [0.717, 1.165) is 29.7 Å². The predicted octanol–water partition coefficient (Wildman–Crippen LogP) is 4.27. The van der Waals surface area contributed by atoms with Gasteiger partial charge in [-0.15, -0.1) is 0 Å². The van der Waals surface area contributed by atoms with Gasteiger partial charge in [-0.1, -0.05) is 44.2 Å². The minimum atomic E-state index is -0.206. The lowest BCUT2D eigenvalue weighted by atomic mass is 9.94. The molecule has 2 aromatic rings. The van der Waals surface area contributed by atoms with Crippen molar-refractivity contribution in [3.8, 4) is 0 Å². The van der Waals surface area contributed by atoms with E-state index in [9.17, 15) is 9.59 Å². The summed E-state index contributed by atoms with van der Waals surface area (Å²) in [7, 11) is 5.45. The lowest BCUT2D eigenvalue weighted by Gasteiger charge is -2.29. The Bertz CT molecular complexity index is 852. The highest BCUT2D eigenvalue weighted by Gasteiger charge is 2.25. The number of benzene rings is 2. The second-order valence-electron chi connectivity index (χ2n) is 7.85. The third-order valence-electron chi connectivity index (χ3n) is 5.20. The first-order valence-corrected chi connectivity index (χ1v) is 10.8. The summed E-state index contributed by atoms with van der Waals surface area (Å²) in [4.78, 5) is 29.4. The number of methoxy groups -OCH3 is 1. The van der Waals surface area contributed by atoms with E-state index in [-0.39, 0.29) is 24.3 Å². The molecule has 0 heterocycles. The summed E-state index contributed by atoms with van der Waals surface area (Å²) in [6.07, 6.45) is 1.62. The lowest BCUT2D eigenvalue weighted by Crippen LogP contribution is -2.35. The number of anilines is 2. The molecule has 0 bridgehead atoms. The van der Waals surface area contributed by atoms with Crippen LogP contribution in [0.3, 0.4) is 0 Å². The first-order chi connectivity index (χ1) is 14.9. The predicted molar refractivity (Wildman–Crippen MR) is 126 cm³/mol. The van der Waals surface area contributed by atoms with Gasteiger partial charge in [0, 0.05) is 45.7 Å². The van der Waals surface area contributed by atoms with Gasteiger partial charge < -0.3 is 19.9 Å². The molecule has 168 valence electrons. The Morgan fingerprint density at radius 1 is 1.06 bits per heavy atom. The number of carbonyl (C=O) groups excluding carboxylic acids is 2. The van der Waals surface area contributed by atoms with Gasteiger partial charge in [-0.3, -0.25) is 9.59 Å². The van der Waals surface area contributed by atoms with Gasteiger partial charge >= 0.3 is 0 Å². The molecule has 6 nitrogen and oxygen atoms in total. The van der Waals surface area contributed by atoms with E-state index < -0.39 is 0 Å². The fourth-order valence-corrected chi connectivity index (χ4v) is 3.76. The Labute approximate surface area is 186 Å². The van der Waals surface area contributed by atoms with Gasteiger partial charge in [-0.05, 0) is 42.2 Å². The Morgan fingerprint density at radius 3 is 2.35 bits per heavy atom. The molecule has 2 amide bonds. The Balaban J connectivity index is 2.33. The first-order valence-electron chi connectivity index (χ1n) is 10.8. The molecule has 0 unspecified atom stereocenters. The molecule has 0 radical (unpaired) electrons. The maximum Gasteiger partial charge on any atom is 0.250 e. The third-order valence-corrected chi connectivity index (χ3v) is 5.20. The van der Waals surface area contributed by atoms with E-state index in [1.807, 2.05) is 72.4 Å². The molecule has 0 aliphatic heterocycles. The average molecular weight is 426 g/mol. The van der Waals surface area contributed by atoms with E-state index in [1.54, 1.807) is 0 Å². The lowest BCUT2D eigenvalue weighted by molar-refractivity contribution is -0.133. The number of nitrogens with one attached hydrogen (secondary N) is 1. The third kappa shape index (κ3) is 6.82. The van der Waals surface area contributed by atoms with Crippen LogP contribution in [0.15, 0.2) is 48.5 Å². The van der Waals surface area contributed by atoms with Gasteiger partial charge in [0.1, 0.15) is 6.61 Å². The standard InChI is InChI=1S/C25H35N3O3/c1-6-15-28(25(30)22(7-2)19-11-9-8-10-12-19)17-20-16-21(26-24(29)18-31-5)13-14-23(20)27(3)4/h8-14,16,22H,6-7,15,17-18H2,1-5H3,(H,26,29)/t22-/m1/s1. The van der Waals surface area contributed by atoms with Crippen molar-refractivity contribution in [2.24, 2.45) is 0 Å². The molecule has 2 rings (SSSR count). The van der Waals surface area contributed by atoms with Gasteiger partial charge in [0.05, 0.1) is 5.92 Å². The van der Waals surface area contributed by atoms with Crippen LogP contribution < -0.4 is 10.2 Å². The highest BCUT2D eigenvalue weighted by atomic mass is 16.5. The van der Waals surface area contributed by atoms with Gasteiger partial charge in [-0.2, -0.15) is 0 Å². The Hall–Kier alpha value is -2.86. The number of rotatable bonds is 11. The minimum Gasteiger partial charge on any atom is -0.377 e. The second-order valence-corrected chi connectivity index (χ2v) is 7.85. The smallest absolute Gasteiger partial charge is 0.250 e. The van der Waals surface area contributed by atoms with Crippen molar-refractivity contribution < 1.29 is 14.3 Å². The fourth-order valence-electron chi connectivity index (χ4n) is 3.76. The normalized spacial score (nSPS) is 11.6. The van der Waals surface area contributed by atoms with Crippen molar-refractivity contribution in [2.75, 3.05) is 44.6 Å². The molecule has 0 aromatic heterocycles. The number of hydrogen-bond acceptors (Lipinski definition) is 4. The molecule has 31 heavy (non-hydrogen) atoms. The molecule has 1 atom stereocenters. The molecule has 1 N–H and O–H groups in total. The number of amides is 2. The molecule has 0 aliphatic carbocycles. The second kappa shape index (κ2) is 12.1. The molecular weight excluding hydrogens is 390 g/mol. The quantitative estimate of drug-likeness (QED) is 0.584. The highest BCUT2D eigenvalue weighted by Crippen LogP contribution is 2.28. The summed E-state index contributed by atoms with van der Waals surface area (Å²) >= 11 is 0. The molecule has 0 aliphatic rings. The van der Waals surface area contributed by atoms with Crippen LogP contribution in [0.4, 0.5) is 11.4 Å². The van der Waals surface area contributed by atoms with Gasteiger partial charge in [0.25, 0.3) is 0 Å². The molecule has 0 saturated carbocycles. The van der Waals surface area contributed by atoms with E-state index in [2.05, 4.69) is 19.2 Å². The van der Waals surface area contributed by atoms with Gasteiger partial charge in [0.15, 0.2) is 0 Å². The molecule has 0 saturated heterocycles. The van der Waals surface area contributed by atoms with E-state index >= 15 is 0 Å². The van der Waals surface area contributed by atoms with Crippen LogP contribution in [-0.2, 0) is 20.9 Å². The summed E-state index contributed by atoms with van der Waals surface area (Å²) in [6, 6.07) is 15.8. The zero-order valence-electron chi connectivity index (χ0n) is 19.4. The zero-order valence-corrected chi connectivity index (χ0v) is 19.4. The summed E-state index contributed by atoms with van der Waals surface area (Å²) in [5.41, 5.74) is 3.75. The number of carbonyl (C=O) groups is 2. The maximum atomic E-state index is 13.5. The Kier molecular flexibility index (Phi) is 9.53. The Morgan fingerprint density at radius 2 is 1.77 bits per heavy atom. The summed E-state index contributed by atoms with van der Waals surface area (Å²) in [5, 5.41) is 2.86. The topological polar surface area (TPSA) is 61.9 Å². The van der Waals surface area contributed by atoms with E-state index in [4.69, 9.17) is 4.74 Å². The minimum absolute atomic E-state index is 0.000463. The van der Waals surface area contributed by atoms with Crippen molar-refractivity contribution in [1.29, 1.82) is 0 Å². The molecule has 6 heteroatoms. The number of ether oxygens (including phenoxy) is 1. The largest absolute Gasteiger partial charge is 0.377 e. The number of nitrogens with zero attached hydrogens (tertiary/aromatic N) is 2. The van der Waals surface area contributed by atoms with Crippen molar-refractivity contribution in [3.05, 3.63) is 59.7 Å². The van der Waals surface area contributed by atoms with E-state index in [0.29, 0.717) is 18.8 Å². The molecular formula is C25H35N3O3. The van der Waals surface area contributed by atoms with Crippen LogP contribution in [0.5, 0.6) is 0 Å². The van der Waals surface area contributed by atoms with Crippen molar-refractivity contribution in [3.63, 3.8) is 0 Å². The maximum absolute atomic E-state index is 13.5. The van der Waals surface area contributed by atoms with Crippen LogP contribution in [0.25, 0.3) is 0 Å².